The van der Waals surface area contributed by atoms with Crippen molar-refractivity contribution in [2.24, 2.45) is 0 Å². The van der Waals surface area contributed by atoms with Crippen LogP contribution in [0.3, 0.4) is 0 Å². The smallest absolute Gasteiger partial charge is 0.306 e. The molecule has 0 heterocycles. The van der Waals surface area contributed by atoms with Crippen molar-refractivity contribution in [3.8, 4) is 0 Å². The van der Waals surface area contributed by atoms with E-state index >= 15 is 0 Å². The van der Waals surface area contributed by atoms with Gasteiger partial charge in [0.1, 0.15) is 13.2 Å². The quantitative estimate of drug-likeness (QED) is 0.0262. The summed E-state index contributed by atoms with van der Waals surface area (Å²) in [5.41, 5.74) is 0. The fraction of sp³-hybridized carbons (Fsp3) is 0.746. The van der Waals surface area contributed by atoms with Gasteiger partial charge in [-0.2, -0.15) is 0 Å². The number of carbonyl (C=O) groups excluding carboxylic acids is 3. The molecule has 65 heavy (non-hydrogen) atoms. The fourth-order valence-electron chi connectivity index (χ4n) is 7.48. The van der Waals surface area contributed by atoms with Gasteiger partial charge in [0.15, 0.2) is 6.10 Å². The second-order valence-electron chi connectivity index (χ2n) is 18.1. The molecule has 6 heteroatoms. The number of ether oxygens (including phenoxy) is 3. The lowest BCUT2D eigenvalue weighted by Gasteiger charge is -2.18. The second kappa shape index (κ2) is 53.5. The molecule has 0 spiro atoms. The first-order chi connectivity index (χ1) is 32.0. The van der Waals surface area contributed by atoms with Crippen LogP contribution in [-0.2, 0) is 28.6 Å². The molecule has 0 amide bonds. The third-order valence-corrected chi connectivity index (χ3v) is 11.7. The minimum Gasteiger partial charge on any atom is -0.462 e. The number of rotatable bonds is 49. The monoisotopic (exact) mass is 907 g/mol. The highest BCUT2D eigenvalue weighted by molar-refractivity contribution is 5.71. The number of unbranched alkanes of at least 4 members (excludes halogenated alkanes) is 26. The average molecular weight is 907 g/mol. The van der Waals surface area contributed by atoms with E-state index in [1.807, 2.05) is 0 Å². The van der Waals surface area contributed by atoms with Crippen LogP contribution < -0.4 is 0 Å². The molecule has 0 saturated heterocycles. The van der Waals surface area contributed by atoms with E-state index in [0.717, 1.165) is 70.6 Å². The molecule has 0 aliphatic heterocycles. The fourth-order valence-corrected chi connectivity index (χ4v) is 7.48. The van der Waals surface area contributed by atoms with E-state index in [2.05, 4.69) is 93.7 Å². The van der Waals surface area contributed by atoms with Crippen LogP contribution in [0.25, 0.3) is 0 Å². The van der Waals surface area contributed by atoms with Crippen molar-refractivity contribution in [1.82, 2.24) is 0 Å². The molecule has 0 aromatic carbocycles. The topological polar surface area (TPSA) is 78.9 Å². The first-order valence-corrected chi connectivity index (χ1v) is 27.4. The Morgan fingerprint density at radius 2 is 0.569 bits per heavy atom. The van der Waals surface area contributed by atoms with Gasteiger partial charge in [0.2, 0.25) is 0 Å². The third-order valence-electron chi connectivity index (χ3n) is 11.7. The van der Waals surface area contributed by atoms with E-state index in [1.165, 1.54) is 148 Å². The predicted octanol–water partition coefficient (Wildman–Crippen LogP) is 18.2. The number of esters is 3. The number of hydrogen-bond donors (Lipinski definition) is 0. The van der Waals surface area contributed by atoms with Crippen LogP contribution in [0.4, 0.5) is 0 Å². The Labute approximate surface area is 402 Å². The molecule has 0 aliphatic carbocycles. The zero-order chi connectivity index (χ0) is 47.2. The van der Waals surface area contributed by atoms with Crippen molar-refractivity contribution in [2.45, 2.75) is 271 Å². The second-order valence-corrected chi connectivity index (χ2v) is 18.1. The van der Waals surface area contributed by atoms with Gasteiger partial charge < -0.3 is 14.2 Å². The molecule has 0 aliphatic rings. The summed E-state index contributed by atoms with van der Waals surface area (Å²) < 4.78 is 16.8. The van der Waals surface area contributed by atoms with Crippen molar-refractivity contribution in [3.63, 3.8) is 0 Å². The Kier molecular flexibility index (Phi) is 50.9. The van der Waals surface area contributed by atoms with Crippen LogP contribution >= 0.6 is 0 Å². The molecule has 374 valence electrons. The zero-order valence-electron chi connectivity index (χ0n) is 42.7. The lowest BCUT2D eigenvalue weighted by atomic mass is 10.1. The van der Waals surface area contributed by atoms with Crippen LogP contribution in [0.5, 0.6) is 0 Å². The van der Waals surface area contributed by atoms with Crippen molar-refractivity contribution in [3.05, 3.63) is 72.9 Å². The Morgan fingerprint density at radius 1 is 0.308 bits per heavy atom. The van der Waals surface area contributed by atoms with Crippen LogP contribution in [0, 0.1) is 0 Å². The van der Waals surface area contributed by atoms with E-state index in [4.69, 9.17) is 14.2 Å². The summed E-state index contributed by atoms with van der Waals surface area (Å²) in [6.07, 6.45) is 67.4. The lowest BCUT2D eigenvalue weighted by molar-refractivity contribution is -0.167. The Morgan fingerprint density at radius 3 is 0.985 bits per heavy atom. The molecule has 0 unspecified atom stereocenters. The number of hydrogen-bond acceptors (Lipinski definition) is 6. The SMILES string of the molecule is CCCCC/C=C\C/C=C\C/C=C\C/C=C\CCCC(=O)OC[C@@H](COC(=O)CCCCCCC/C=C\CCCCCC)OC(=O)CCCCCCCCC/C=C\CCCCCCCC. The largest absolute Gasteiger partial charge is 0.462 e. The van der Waals surface area contributed by atoms with Gasteiger partial charge in [-0.1, -0.05) is 209 Å². The van der Waals surface area contributed by atoms with Gasteiger partial charge >= 0.3 is 17.9 Å². The van der Waals surface area contributed by atoms with Gasteiger partial charge in [0.25, 0.3) is 0 Å². The molecule has 1 atom stereocenters. The van der Waals surface area contributed by atoms with Crippen molar-refractivity contribution < 1.29 is 28.6 Å². The maximum Gasteiger partial charge on any atom is 0.306 e. The Bertz CT molecular complexity index is 1230. The summed E-state index contributed by atoms with van der Waals surface area (Å²) in [6.45, 7) is 6.54. The van der Waals surface area contributed by atoms with Crippen molar-refractivity contribution in [2.75, 3.05) is 13.2 Å². The molecule has 0 N–H and O–H groups in total. The standard InChI is InChI=1S/C59H102O6/c1-4-7-10-13-16-19-22-25-27-29-31-34-37-40-43-46-49-52-58(61)64-55-56(54-63-57(60)51-48-45-42-39-36-33-24-21-18-15-12-9-6-3)65-59(62)53-50-47-44-41-38-35-32-30-28-26-23-20-17-14-11-8-5-2/h16,19,21,24-28,31,34,40,43,56H,4-15,17-18,20,22-23,29-30,32-33,35-39,41-42,44-55H2,1-3H3/b19-16-,24-21-,27-25-,28-26-,34-31-,43-40-/t56-/m1/s1. The summed E-state index contributed by atoms with van der Waals surface area (Å²) in [6, 6.07) is 0. The van der Waals surface area contributed by atoms with Gasteiger partial charge in [-0.05, 0) is 109 Å². The summed E-state index contributed by atoms with van der Waals surface area (Å²) in [5, 5.41) is 0. The first-order valence-electron chi connectivity index (χ1n) is 27.4. The normalized spacial score (nSPS) is 12.6. The summed E-state index contributed by atoms with van der Waals surface area (Å²) in [7, 11) is 0. The van der Waals surface area contributed by atoms with Gasteiger partial charge in [-0.3, -0.25) is 14.4 Å². The van der Waals surface area contributed by atoms with Crippen LogP contribution in [0.15, 0.2) is 72.9 Å². The van der Waals surface area contributed by atoms with E-state index in [0.29, 0.717) is 19.3 Å². The summed E-state index contributed by atoms with van der Waals surface area (Å²) in [5.74, 6) is -0.965. The molecule has 0 aromatic rings. The highest BCUT2D eigenvalue weighted by Crippen LogP contribution is 2.14. The minimum absolute atomic E-state index is 0.0981. The highest BCUT2D eigenvalue weighted by Gasteiger charge is 2.19. The molecular formula is C59H102O6. The molecule has 0 radical (unpaired) electrons. The molecule has 0 fully saturated rings. The van der Waals surface area contributed by atoms with E-state index in [1.54, 1.807) is 0 Å². The van der Waals surface area contributed by atoms with Crippen molar-refractivity contribution >= 4 is 17.9 Å². The minimum atomic E-state index is -0.802. The van der Waals surface area contributed by atoms with Crippen LogP contribution in [0.2, 0.25) is 0 Å². The first kappa shape index (κ1) is 61.9. The number of carbonyl (C=O) groups is 3. The highest BCUT2D eigenvalue weighted by atomic mass is 16.6. The van der Waals surface area contributed by atoms with Gasteiger partial charge in [-0.15, -0.1) is 0 Å². The van der Waals surface area contributed by atoms with E-state index in [-0.39, 0.29) is 37.5 Å². The number of allylic oxidation sites excluding steroid dienone is 12. The van der Waals surface area contributed by atoms with Crippen molar-refractivity contribution in [1.29, 1.82) is 0 Å². The molecule has 0 aromatic heterocycles. The van der Waals surface area contributed by atoms with Crippen LogP contribution in [0.1, 0.15) is 265 Å². The average Bonchev–Trinajstić information content (AvgIpc) is 3.30. The van der Waals surface area contributed by atoms with Gasteiger partial charge in [0.05, 0.1) is 0 Å². The Hall–Kier alpha value is -3.15. The molecule has 0 bridgehead atoms. The van der Waals surface area contributed by atoms with Crippen LogP contribution in [-0.4, -0.2) is 37.2 Å². The molecule has 0 saturated carbocycles. The van der Waals surface area contributed by atoms with E-state index < -0.39 is 6.10 Å². The maximum absolute atomic E-state index is 12.8. The molecule has 0 rings (SSSR count). The molecular weight excluding hydrogens is 805 g/mol. The summed E-state index contributed by atoms with van der Waals surface area (Å²) >= 11 is 0. The van der Waals surface area contributed by atoms with E-state index in [9.17, 15) is 14.4 Å². The summed E-state index contributed by atoms with van der Waals surface area (Å²) in [4.78, 5) is 38.0. The molecule has 6 nitrogen and oxygen atoms in total. The third kappa shape index (κ3) is 51.7. The Balaban J connectivity index is 4.47. The van der Waals surface area contributed by atoms with Gasteiger partial charge in [0, 0.05) is 19.3 Å². The lowest BCUT2D eigenvalue weighted by Crippen LogP contribution is -2.30. The predicted molar refractivity (Wildman–Crippen MR) is 279 cm³/mol. The maximum atomic E-state index is 12.8. The van der Waals surface area contributed by atoms with Gasteiger partial charge in [-0.25, -0.2) is 0 Å². The zero-order valence-corrected chi connectivity index (χ0v) is 42.7.